The summed E-state index contributed by atoms with van der Waals surface area (Å²) in [6.45, 7) is 0. The van der Waals surface area contributed by atoms with Crippen LogP contribution in [0.4, 0.5) is 11.4 Å². The predicted octanol–water partition coefficient (Wildman–Crippen LogP) is 5.32. The Balaban J connectivity index is 1.97. The molecule has 2 aromatic rings. The zero-order valence-corrected chi connectivity index (χ0v) is 11.9. The third kappa shape index (κ3) is 3.94. The summed E-state index contributed by atoms with van der Waals surface area (Å²) in [6, 6.07) is 15.3. The van der Waals surface area contributed by atoms with Crippen LogP contribution in [0.1, 0.15) is 0 Å². The van der Waals surface area contributed by atoms with Crippen LogP contribution in [0.15, 0.2) is 67.8 Å². The Bertz CT molecular complexity index is 506. The Hall–Kier alpha value is -1.20. The second kappa shape index (κ2) is 5.93. The third-order valence-corrected chi connectivity index (χ3v) is 3.07. The smallest absolute Gasteiger partial charge is 0.0875 e. The molecule has 0 aromatic heterocycles. The minimum absolute atomic E-state index is 0.804. The van der Waals surface area contributed by atoms with E-state index >= 15 is 0 Å². The summed E-state index contributed by atoms with van der Waals surface area (Å²) in [4.78, 5) is 0. The number of anilines is 1. The van der Waals surface area contributed by atoms with Crippen LogP contribution in [0.25, 0.3) is 0 Å². The number of halogens is 2. The van der Waals surface area contributed by atoms with E-state index in [9.17, 15) is 0 Å². The van der Waals surface area contributed by atoms with Gasteiger partial charge in [0.1, 0.15) is 0 Å². The molecule has 0 amide bonds. The SMILES string of the molecule is Brc1ccc(/N=N/Nc2ccc(Br)cc2)cc1. The Kier molecular flexibility index (Phi) is 4.28. The topological polar surface area (TPSA) is 36.8 Å². The van der Waals surface area contributed by atoms with Gasteiger partial charge in [-0.3, -0.25) is 5.43 Å². The van der Waals surface area contributed by atoms with Crippen molar-refractivity contribution in [2.45, 2.75) is 0 Å². The van der Waals surface area contributed by atoms with Crippen molar-refractivity contribution < 1.29 is 0 Å². The molecular weight excluding hydrogens is 346 g/mol. The molecule has 3 nitrogen and oxygen atoms in total. The summed E-state index contributed by atoms with van der Waals surface area (Å²) in [7, 11) is 0. The van der Waals surface area contributed by atoms with Crippen molar-refractivity contribution in [3.63, 3.8) is 0 Å². The van der Waals surface area contributed by atoms with E-state index in [4.69, 9.17) is 0 Å². The number of benzene rings is 2. The van der Waals surface area contributed by atoms with Gasteiger partial charge in [-0.25, -0.2) is 0 Å². The second-order valence-corrected chi connectivity index (χ2v) is 5.13. The van der Waals surface area contributed by atoms with E-state index in [0.717, 1.165) is 20.3 Å². The Morgan fingerprint density at radius 3 is 1.88 bits per heavy atom. The lowest BCUT2D eigenvalue weighted by Crippen LogP contribution is -1.84. The molecule has 0 bridgehead atoms. The van der Waals surface area contributed by atoms with E-state index in [1.807, 2.05) is 48.5 Å². The number of nitrogens with zero attached hydrogens (tertiary/aromatic N) is 2. The van der Waals surface area contributed by atoms with Crippen molar-refractivity contribution in [3.05, 3.63) is 57.5 Å². The molecule has 2 aromatic carbocycles. The third-order valence-electron chi connectivity index (χ3n) is 2.02. The van der Waals surface area contributed by atoms with Crippen LogP contribution in [0.5, 0.6) is 0 Å². The Labute approximate surface area is 116 Å². The van der Waals surface area contributed by atoms with Gasteiger partial charge in [0.05, 0.1) is 11.4 Å². The van der Waals surface area contributed by atoms with Gasteiger partial charge in [0.15, 0.2) is 0 Å². The van der Waals surface area contributed by atoms with Crippen LogP contribution < -0.4 is 5.43 Å². The molecule has 0 heterocycles. The molecule has 86 valence electrons. The fourth-order valence-electron chi connectivity index (χ4n) is 1.17. The van der Waals surface area contributed by atoms with Crippen molar-refractivity contribution in [1.82, 2.24) is 0 Å². The molecule has 0 fully saturated rings. The average molecular weight is 355 g/mol. The maximum atomic E-state index is 4.05. The predicted molar refractivity (Wildman–Crippen MR) is 76.4 cm³/mol. The first-order valence-electron chi connectivity index (χ1n) is 4.92. The largest absolute Gasteiger partial charge is 0.260 e. The van der Waals surface area contributed by atoms with Crippen molar-refractivity contribution in [2.24, 2.45) is 10.3 Å². The van der Waals surface area contributed by atoms with Crippen LogP contribution in [-0.2, 0) is 0 Å². The first-order chi connectivity index (χ1) is 8.24. The number of hydrogen-bond donors (Lipinski definition) is 1. The molecule has 0 saturated heterocycles. The molecule has 5 heteroatoms. The van der Waals surface area contributed by atoms with E-state index in [1.165, 1.54) is 0 Å². The number of rotatable bonds is 3. The molecule has 0 spiro atoms. The van der Waals surface area contributed by atoms with Crippen molar-refractivity contribution in [2.75, 3.05) is 5.43 Å². The lowest BCUT2D eigenvalue weighted by molar-refractivity contribution is 1.13. The molecule has 0 atom stereocenters. The molecule has 1 N–H and O–H groups in total. The van der Waals surface area contributed by atoms with Crippen LogP contribution >= 0.6 is 31.9 Å². The fourth-order valence-corrected chi connectivity index (χ4v) is 1.70. The fraction of sp³-hybridized carbons (Fsp3) is 0. The first kappa shape index (κ1) is 12.3. The second-order valence-electron chi connectivity index (χ2n) is 3.30. The number of nitrogens with one attached hydrogen (secondary N) is 1. The van der Waals surface area contributed by atoms with Gasteiger partial charge in [-0.2, -0.15) is 0 Å². The van der Waals surface area contributed by atoms with Crippen LogP contribution in [-0.4, -0.2) is 0 Å². The maximum Gasteiger partial charge on any atom is 0.0875 e. The van der Waals surface area contributed by atoms with Crippen LogP contribution in [0, 0.1) is 0 Å². The zero-order chi connectivity index (χ0) is 12.1. The summed E-state index contributed by atoms with van der Waals surface area (Å²) >= 11 is 6.74. The van der Waals surface area contributed by atoms with Crippen molar-refractivity contribution >= 4 is 43.2 Å². The maximum absolute atomic E-state index is 4.05. The molecule has 2 rings (SSSR count). The summed E-state index contributed by atoms with van der Waals surface area (Å²) in [6.07, 6.45) is 0. The average Bonchev–Trinajstić information content (AvgIpc) is 2.34. The quantitative estimate of drug-likeness (QED) is 0.587. The highest BCUT2D eigenvalue weighted by Crippen LogP contribution is 2.18. The van der Waals surface area contributed by atoms with Crippen LogP contribution in [0.3, 0.4) is 0 Å². The molecule has 0 radical (unpaired) electrons. The van der Waals surface area contributed by atoms with Gasteiger partial charge in [-0.15, -0.1) is 5.11 Å². The van der Waals surface area contributed by atoms with Gasteiger partial charge < -0.3 is 0 Å². The monoisotopic (exact) mass is 353 g/mol. The van der Waals surface area contributed by atoms with Gasteiger partial charge in [-0.05, 0) is 48.5 Å². The Morgan fingerprint density at radius 2 is 1.29 bits per heavy atom. The highest BCUT2D eigenvalue weighted by Gasteiger charge is 1.91. The van der Waals surface area contributed by atoms with E-state index < -0.39 is 0 Å². The molecule has 17 heavy (non-hydrogen) atoms. The molecule has 0 aliphatic heterocycles. The lowest BCUT2D eigenvalue weighted by atomic mass is 10.3. The number of hydrogen-bond acceptors (Lipinski definition) is 2. The highest BCUT2D eigenvalue weighted by molar-refractivity contribution is 9.10. The van der Waals surface area contributed by atoms with Crippen molar-refractivity contribution in [3.8, 4) is 0 Å². The summed E-state index contributed by atoms with van der Waals surface area (Å²) in [5, 5.41) is 7.96. The molecule has 0 aliphatic rings. The highest BCUT2D eigenvalue weighted by atomic mass is 79.9. The van der Waals surface area contributed by atoms with E-state index in [1.54, 1.807) is 0 Å². The molecule has 0 unspecified atom stereocenters. The summed E-state index contributed by atoms with van der Waals surface area (Å²) < 4.78 is 2.06. The van der Waals surface area contributed by atoms with Gasteiger partial charge in [0.2, 0.25) is 0 Å². The summed E-state index contributed by atoms with van der Waals surface area (Å²) in [5.41, 5.74) is 4.56. The lowest BCUT2D eigenvalue weighted by Gasteiger charge is -1.98. The molecular formula is C12H9Br2N3. The molecule has 0 aliphatic carbocycles. The van der Waals surface area contributed by atoms with Gasteiger partial charge in [0.25, 0.3) is 0 Å². The first-order valence-corrected chi connectivity index (χ1v) is 6.50. The van der Waals surface area contributed by atoms with Crippen LogP contribution in [0.2, 0.25) is 0 Å². The van der Waals surface area contributed by atoms with Gasteiger partial charge in [-0.1, -0.05) is 37.1 Å². The summed E-state index contributed by atoms with van der Waals surface area (Å²) in [5.74, 6) is 0. The van der Waals surface area contributed by atoms with Crippen molar-refractivity contribution in [1.29, 1.82) is 0 Å². The minimum atomic E-state index is 0.804. The Morgan fingerprint density at radius 1 is 0.765 bits per heavy atom. The van der Waals surface area contributed by atoms with Gasteiger partial charge in [0, 0.05) is 8.95 Å². The van der Waals surface area contributed by atoms with E-state index in [-0.39, 0.29) is 0 Å². The standard InChI is InChI=1S/C12H9Br2N3/c13-9-1-5-11(6-2-9)15-17-16-12-7-3-10(14)4-8-12/h1-8H,(H,15,16). The van der Waals surface area contributed by atoms with E-state index in [2.05, 4.69) is 47.6 Å². The molecule has 0 saturated carbocycles. The van der Waals surface area contributed by atoms with Gasteiger partial charge >= 0.3 is 0 Å². The zero-order valence-electron chi connectivity index (χ0n) is 8.77. The van der Waals surface area contributed by atoms with E-state index in [0.29, 0.717) is 0 Å². The minimum Gasteiger partial charge on any atom is -0.260 e. The normalized spacial score (nSPS) is 10.7.